The average molecular weight is 255 g/mol. The van der Waals surface area contributed by atoms with Crippen LogP contribution in [0.25, 0.3) is 0 Å². The van der Waals surface area contributed by atoms with E-state index >= 15 is 0 Å². The molecule has 1 aromatic carbocycles. The number of aliphatic hydroxyl groups is 1. The van der Waals surface area contributed by atoms with E-state index in [1.807, 2.05) is 0 Å². The van der Waals surface area contributed by atoms with E-state index in [0.29, 0.717) is 24.4 Å². The summed E-state index contributed by atoms with van der Waals surface area (Å²) in [5.74, 6) is -1.77. The summed E-state index contributed by atoms with van der Waals surface area (Å²) in [6, 6.07) is 4.09. The molecular formula is C14H19F2NO. The zero-order chi connectivity index (χ0) is 13.2. The lowest BCUT2D eigenvalue weighted by molar-refractivity contribution is -0.00847. The van der Waals surface area contributed by atoms with Crippen LogP contribution in [0.4, 0.5) is 8.78 Å². The van der Waals surface area contributed by atoms with Gasteiger partial charge >= 0.3 is 0 Å². The number of hydrogen-bond acceptors (Lipinski definition) is 2. The lowest BCUT2D eigenvalue weighted by Crippen LogP contribution is -2.39. The first-order valence-corrected chi connectivity index (χ1v) is 6.46. The molecular weight excluding hydrogens is 236 g/mol. The predicted molar refractivity (Wildman–Crippen MR) is 66.2 cm³/mol. The quantitative estimate of drug-likeness (QED) is 0.870. The highest BCUT2D eigenvalue weighted by Crippen LogP contribution is 2.37. The molecule has 0 saturated heterocycles. The maximum atomic E-state index is 13.2. The normalized spacial score (nSPS) is 28.3. The lowest BCUT2D eigenvalue weighted by Gasteiger charge is -2.36. The van der Waals surface area contributed by atoms with E-state index in [1.165, 1.54) is 6.07 Å². The monoisotopic (exact) mass is 255 g/mol. The van der Waals surface area contributed by atoms with E-state index in [9.17, 15) is 13.9 Å². The second-order valence-electron chi connectivity index (χ2n) is 4.99. The molecule has 0 bridgehead atoms. The number of hydrogen-bond donors (Lipinski definition) is 2. The summed E-state index contributed by atoms with van der Waals surface area (Å²) >= 11 is 0. The molecule has 4 heteroatoms. The summed E-state index contributed by atoms with van der Waals surface area (Å²) in [6.07, 6.45) is 2.86. The zero-order valence-electron chi connectivity index (χ0n) is 10.5. The van der Waals surface area contributed by atoms with Gasteiger partial charge in [0.1, 0.15) is 0 Å². The standard InChI is InChI=1S/C14H19F2NO/c1-2-17-11-5-7-14(18,8-6-11)10-3-4-12(15)13(16)9-10/h3-4,9,11,17-18H,2,5-8H2,1H3. The smallest absolute Gasteiger partial charge is 0.159 e. The third-order valence-electron chi connectivity index (χ3n) is 3.76. The predicted octanol–water partition coefficient (Wildman–Crippen LogP) is 2.70. The van der Waals surface area contributed by atoms with Crippen LogP contribution in [0.5, 0.6) is 0 Å². The Labute approximate surface area is 106 Å². The SMILES string of the molecule is CCNC1CCC(O)(c2ccc(F)c(F)c2)CC1. The highest BCUT2D eigenvalue weighted by Gasteiger charge is 2.34. The van der Waals surface area contributed by atoms with Crippen molar-refractivity contribution in [1.82, 2.24) is 5.32 Å². The number of rotatable bonds is 3. The van der Waals surface area contributed by atoms with Gasteiger partial charge in [0.25, 0.3) is 0 Å². The van der Waals surface area contributed by atoms with Crippen LogP contribution in [-0.4, -0.2) is 17.7 Å². The molecule has 0 unspecified atom stereocenters. The highest BCUT2D eigenvalue weighted by atomic mass is 19.2. The van der Waals surface area contributed by atoms with Gasteiger partial charge in [-0.25, -0.2) is 8.78 Å². The average Bonchev–Trinajstić information content (AvgIpc) is 2.36. The van der Waals surface area contributed by atoms with Crippen molar-refractivity contribution < 1.29 is 13.9 Å². The molecule has 0 amide bonds. The first-order valence-electron chi connectivity index (χ1n) is 6.46. The van der Waals surface area contributed by atoms with E-state index in [-0.39, 0.29) is 0 Å². The van der Waals surface area contributed by atoms with Gasteiger partial charge in [-0.3, -0.25) is 0 Å². The largest absolute Gasteiger partial charge is 0.385 e. The number of halogens is 2. The molecule has 0 aromatic heterocycles. The number of nitrogens with one attached hydrogen (secondary N) is 1. The Bertz CT molecular complexity index is 414. The van der Waals surface area contributed by atoms with Crippen molar-refractivity contribution in [2.24, 2.45) is 0 Å². The van der Waals surface area contributed by atoms with Crippen molar-refractivity contribution in [3.8, 4) is 0 Å². The molecule has 100 valence electrons. The van der Waals surface area contributed by atoms with E-state index in [1.54, 1.807) is 0 Å². The molecule has 1 aliphatic rings. The van der Waals surface area contributed by atoms with Gasteiger partial charge in [-0.2, -0.15) is 0 Å². The fourth-order valence-corrected chi connectivity index (χ4v) is 2.66. The molecule has 2 rings (SSSR count). The molecule has 0 heterocycles. The van der Waals surface area contributed by atoms with Gasteiger partial charge < -0.3 is 10.4 Å². The van der Waals surface area contributed by atoms with Crippen LogP contribution in [0.15, 0.2) is 18.2 Å². The molecule has 0 spiro atoms. The van der Waals surface area contributed by atoms with E-state index < -0.39 is 17.2 Å². The minimum absolute atomic E-state index is 0.417. The molecule has 1 saturated carbocycles. The van der Waals surface area contributed by atoms with Gasteiger partial charge in [-0.05, 0) is 49.9 Å². The Kier molecular flexibility index (Phi) is 3.97. The highest BCUT2D eigenvalue weighted by molar-refractivity contribution is 5.25. The molecule has 2 N–H and O–H groups in total. The maximum Gasteiger partial charge on any atom is 0.159 e. The Morgan fingerprint density at radius 1 is 1.28 bits per heavy atom. The Hall–Kier alpha value is -1.00. The summed E-state index contributed by atoms with van der Waals surface area (Å²) in [5.41, 5.74) is -0.531. The van der Waals surface area contributed by atoms with Gasteiger partial charge in [0, 0.05) is 6.04 Å². The van der Waals surface area contributed by atoms with Crippen molar-refractivity contribution in [3.05, 3.63) is 35.4 Å². The van der Waals surface area contributed by atoms with E-state index in [4.69, 9.17) is 0 Å². The molecule has 1 aliphatic carbocycles. The third kappa shape index (κ3) is 2.70. The van der Waals surface area contributed by atoms with Gasteiger partial charge in [0.15, 0.2) is 11.6 Å². The minimum Gasteiger partial charge on any atom is -0.385 e. The first kappa shape index (κ1) is 13.4. The summed E-state index contributed by atoms with van der Waals surface area (Å²) in [4.78, 5) is 0. The second-order valence-corrected chi connectivity index (χ2v) is 4.99. The third-order valence-corrected chi connectivity index (χ3v) is 3.76. The first-order chi connectivity index (χ1) is 8.55. The lowest BCUT2D eigenvalue weighted by atomic mass is 9.77. The summed E-state index contributed by atoms with van der Waals surface area (Å²) < 4.78 is 26.1. The fraction of sp³-hybridized carbons (Fsp3) is 0.571. The van der Waals surface area contributed by atoms with Crippen molar-refractivity contribution in [2.75, 3.05) is 6.54 Å². The minimum atomic E-state index is -1.01. The van der Waals surface area contributed by atoms with Crippen LogP contribution in [0.1, 0.15) is 38.2 Å². The number of benzene rings is 1. The zero-order valence-corrected chi connectivity index (χ0v) is 10.5. The van der Waals surface area contributed by atoms with Gasteiger partial charge in [0.05, 0.1) is 5.60 Å². The molecule has 0 radical (unpaired) electrons. The molecule has 1 fully saturated rings. The molecule has 0 aliphatic heterocycles. The Morgan fingerprint density at radius 3 is 2.50 bits per heavy atom. The van der Waals surface area contributed by atoms with Gasteiger partial charge in [0.2, 0.25) is 0 Å². The summed E-state index contributed by atoms with van der Waals surface area (Å²) in [6.45, 7) is 2.96. The molecule has 2 nitrogen and oxygen atoms in total. The maximum absolute atomic E-state index is 13.2. The van der Waals surface area contributed by atoms with Gasteiger partial charge in [-0.1, -0.05) is 13.0 Å². The van der Waals surface area contributed by atoms with Crippen molar-refractivity contribution in [3.63, 3.8) is 0 Å². The molecule has 1 aromatic rings. The van der Waals surface area contributed by atoms with E-state index in [0.717, 1.165) is 31.5 Å². The van der Waals surface area contributed by atoms with Crippen molar-refractivity contribution in [2.45, 2.75) is 44.2 Å². The van der Waals surface area contributed by atoms with Crippen LogP contribution < -0.4 is 5.32 Å². The topological polar surface area (TPSA) is 32.3 Å². The van der Waals surface area contributed by atoms with Crippen molar-refractivity contribution in [1.29, 1.82) is 0 Å². The van der Waals surface area contributed by atoms with Gasteiger partial charge in [-0.15, -0.1) is 0 Å². The van der Waals surface area contributed by atoms with Crippen LogP contribution in [0.2, 0.25) is 0 Å². The second kappa shape index (κ2) is 5.33. The molecule has 0 atom stereocenters. The fourth-order valence-electron chi connectivity index (χ4n) is 2.66. The van der Waals surface area contributed by atoms with Crippen LogP contribution in [-0.2, 0) is 5.60 Å². The Balaban J connectivity index is 2.10. The summed E-state index contributed by atoms with van der Waals surface area (Å²) in [7, 11) is 0. The Morgan fingerprint density at radius 2 is 1.94 bits per heavy atom. The van der Waals surface area contributed by atoms with Crippen LogP contribution in [0.3, 0.4) is 0 Å². The van der Waals surface area contributed by atoms with Crippen LogP contribution in [0, 0.1) is 11.6 Å². The van der Waals surface area contributed by atoms with Crippen LogP contribution >= 0.6 is 0 Å². The molecule has 18 heavy (non-hydrogen) atoms. The summed E-state index contributed by atoms with van der Waals surface area (Å²) in [5, 5.41) is 13.9. The van der Waals surface area contributed by atoms with Crippen molar-refractivity contribution >= 4 is 0 Å². The van der Waals surface area contributed by atoms with E-state index in [2.05, 4.69) is 12.2 Å².